The molecule has 1 aromatic heterocycles. The molecule has 2 heterocycles. The van der Waals surface area contributed by atoms with Crippen molar-refractivity contribution in [3.8, 4) is 0 Å². The molecule has 5 heteroatoms. The van der Waals surface area contributed by atoms with Gasteiger partial charge in [0.1, 0.15) is 0 Å². The number of carbonyl (C=O) groups excluding carboxylic acids is 1. The van der Waals surface area contributed by atoms with E-state index in [0.29, 0.717) is 0 Å². The number of nitrogens with one attached hydrogen (secondary N) is 2. The molecule has 1 aromatic rings. The fraction of sp³-hybridized carbons (Fsp3) is 0.750. The highest BCUT2D eigenvalue weighted by molar-refractivity contribution is 5.83. The van der Waals surface area contributed by atoms with Crippen molar-refractivity contribution in [2.45, 2.75) is 58.0 Å². The van der Waals surface area contributed by atoms with Crippen LogP contribution >= 0.6 is 0 Å². The first-order valence-electron chi connectivity index (χ1n) is 8.03. The molecule has 21 heavy (non-hydrogen) atoms. The van der Waals surface area contributed by atoms with Gasteiger partial charge in [0.05, 0.1) is 18.3 Å². The minimum absolute atomic E-state index is 0.0226. The molecule has 1 aliphatic carbocycles. The Morgan fingerprint density at radius 2 is 2.29 bits per heavy atom. The molecule has 3 rings (SSSR count). The van der Waals surface area contributed by atoms with Crippen molar-refractivity contribution in [3.63, 3.8) is 0 Å². The third-order valence-corrected chi connectivity index (χ3v) is 5.08. The maximum absolute atomic E-state index is 12.7. The van der Waals surface area contributed by atoms with Crippen LogP contribution in [0.3, 0.4) is 0 Å². The number of aromatic nitrogens is 2. The monoisotopic (exact) mass is 290 g/mol. The number of piperidine rings is 1. The largest absolute Gasteiger partial charge is 0.348 e. The Bertz CT molecular complexity index is 534. The van der Waals surface area contributed by atoms with E-state index in [4.69, 9.17) is 0 Å². The predicted molar refractivity (Wildman–Crippen MR) is 81.8 cm³/mol. The van der Waals surface area contributed by atoms with E-state index in [1.807, 2.05) is 17.9 Å². The van der Waals surface area contributed by atoms with Crippen LogP contribution in [0.15, 0.2) is 6.20 Å². The lowest BCUT2D eigenvalue weighted by Gasteiger charge is -2.39. The zero-order chi connectivity index (χ0) is 15.0. The van der Waals surface area contributed by atoms with Gasteiger partial charge in [-0.3, -0.25) is 9.48 Å². The maximum Gasteiger partial charge on any atom is 0.238 e. The number of amides is 1. The third kappa shape index (κ3) is 2.71. The third-order valence-electron chi connectivity index (χ3n) is 5.08. The Labute approximate surface area is 126 Å². The standard InChI is InChI=1S/C16H26N4O/c1-16(2)8-5-9-17-14(16)15(21)19-12-6-4-7-13-11(12)10-18-20(13)3/h10,12,14,17H,4-9H2,1-3H3,(H,19,21). The second-order valence-electron chi connectivity index (χ2n) is 7.10. The van der Waals surface area contributed by atoms with Gasteiger partial charge in [-0.1, -0.05) is 13.8 Å². The van der Waals surface area contributed by atoms with Crippen molar-refractivity contribution in [2.75, 3.05) is 6.54 Å². The summed E-state index contributed by atoms with van der Waals surface area (Å²) in [6.45, 7) is 5.30. The molecule has 2 aliphatic rings. The molecule has 1 saturated heterocycles. The van der Waals surface area contributed by atoms with Crippen LogP contribution in [0.4, 0.5) is 0 Å². The quantitative estimate of drug-likeness (QED) is 0.871. The molecule has 0 aromatic carbocycles. The molecular weight excluding hydrogens is 264 g/mol. The molecule has 1 aliphatic heterocycles. The Hall–Kier alpha value is -1.36. The van der Waals surface area contributed by atoms with E-state index in [1.54, 1.807) is 0 Å². The SMILES string of the molecule is Cn1ncc2c1CCCC2NC(=O)C1NCCCC1(C)C. The number of rotatable bonds is 2. The van der Waals surface area contributed by atoms with Crippen LogP contribution < -0.4 is 10.6 Å². The van der Waals surface area contributed by atoms with Gasteiger partial charge in [-0.25, -0.2) is 0 Å². The molecule has 116 valence electrons. The average Bonchev–Trinajstić information content (AvgIpc) is 2.81. The van der Waals surface area contributed by atoms with Gasteiger partial charge in [-0.15, -0.1) is 0 Å². The number of nitrogens with zero attached hydrogens (tertiary/aromatic N) is 2. The van der Waals surface area contributed by atoms with Crippen molar-refractivity contribution >= 4 is 5.91 Å². The van der Waals surface area contributed by atoms with Gasteiger partial charge >= 0.3 is 0 Å². The number of fused-ring (bicyclic) bond motifs is 1. The summed E-state index contributed by atoms with van der Waals surface area (Å²) in [6.07, 6.45) is 7.34. The maximum atomic E-state index is 12.7. The van der Waals surface area contributed by atoms with Gasteiger partial charge in [-0.2, -0.15) is 5.10 Å². The van der Waals surface area contributed by atoms with Crippen LogP contribution in [0.2, 0.25) is 0 Å². The van der Waals surface area contributed by atoms with Gasteiger partial charge in [0.25, 0.3) is 0 Å². The first-order valence-corrected chi connectivity index (χ1v) is 8.03. The predicted octanol–water partition coefficient (Wildman–Crippen LogP) is 1.69. The second kappa shape index (κ2) is 5.44. The Kier molecular flexibility index (Phi) is 3.78. The highest BCUT2D eigenvalue weighted by atomic mass is 16.2. The normalized spacial score (nSPS) is 28.0. The highest BCUT2D eigenvalue weighted by Crippen LogP contribution is 2.32. The number of carbonyl (C=O) groups is 1. The second-order valence-corrected chi connectivity index (χ2v) is 7.10. The van der Waals surface area contributed by atoms with E-state index in [9.17, 15) is 4.79 Å². The van der Waals surface area contributed by atoms with Crippen LogP contribution in [0.25, 0.3) is 0 Å². The van der Waals surface area contributed by atoms with Gasteiger partial charge in [-0.05, 0) is 44.1 Å². The van der Waals surface area contributed by atoms with E-state index in [2.05, 4.69) is 29.6 Å². The molecular formula is C16H26N4O. The number of aryl methyl sites for hydroxylation is 1. The van der Waals surface area contributed by atoms with Crippen molar-refractivity contribution < 1.29 is 4.79 Å². The fourth-order valence-electron chi connectivity index (χ4n) is 3.77. The van der Waals surface area contributed by atoms with Crippen LogP contribution in [0.5, 0.6) is 0 Å². The smallest absolute Gasteiger partial charge is 0.238 e. The summed E-state index contributed by atoms with van der Waals surface area (Å²) >= 11 is 0. The number of hydrogen-bond donors (Lipinski definition) is 2. The molecule has 0 bridgehead atoms. The van der Waals surface area contributed by atoms with E-state index < -0.39 is 0 Å². The lowest BCUT2D eigenvalue weighted by Crippen LogP contribution is -2.56. The van der Waals surface area contributed by atoms with Crippen molar-refractivity contribution in [1.29, 1.82) is 0 Å². The Morgan fingerprint density at radius 1 is 1.48 bits per heavy atom. The lowest BCUT2D eigenvalue weighted by molar-refractivity contribution is -0.127. The van der Waals surface area contributed by atoms with Gasteiger partial charge < -0.3 is 10.6 Å². The summed E-state index contributed by atoms with van der Waals surface area (Å²) in [5.41, 5.74) is 2.49. The zero-order valence-electron chi connectivity index (χ0n) is 13.3. The van der Waals surface area contributed by atoms with Crippen molar-refractivity contribution in [1.82, 2.24) is 20.4 Å². The topological polar surface area (TPSA) is 59.0 Å². The van der Waals surface area contributed by atoms with E-state index >= 15 is 0 Å². The Balaban J connectivity index is 1.74. The van der Waals surface area contributed by atoms with Crippen LogP contribution in [-0.4, -0.2) is 28.3 Å². The summed E-state index contributed by atoms with van der Waals surface area (Å²) in [7, 11) is 1.98. The molecule has 0 radical (unpaired) electrons. The number of hydrogen-bond acceptors (Lipinski definition) is 3. The summed E-state index contributed by atoms with van der Waals surface area (Å²) < 4.78 is 1.94. The van der Waals surface area contributed by atoms with Gasteiger partial charge in [0, 0.05) is 18.3 Å². The van der Waals surface area contributed by atoms with Gasteiger partial charge in [0.15, 0.2) is 0 Å². The van der Waals surface area contributed by atoms with Crippen LogP contribution in [0.1, 0.15) is 56.8 Å². The van der Waals surface area contributed by atoms with E-state index in [1.165, 1.54) is 11.3 Å². The molecule has 2 N–H and O–H groups in total. The summed E-state index contributed by atoms with van der Waals surface area (Å²) in [5.74, 6) is 0.140. The molecule has 5 nitrogen and oxygen atoms in total. The summed E-state index contributed by atoms with van der Waals surface area (Å²) in [6, 6.07) is 0.0303. The average molecular weight is 290 g/mol. The first-order chi connectivity index (χ1) is 9.99. The molecule has 1 amide bonds. The zero-order valence-corrected chi connectivity index (χ0v) is 13.3. The summed E-state index contributed by atoms with van der Waals surface area (Å²) in [4.78, 5) is 12.7. The van der Waals surface area contributed by atoms with E-state index in [-0.39, 0.29) is 23.4 Å². The summed E-state index contributed by atoms with van der Waals surface area (Å²) in [5, 5.41) is 11.0. The minimum Gasteiger partial charge on any atom is -0.348 e. The first kappa shape index (κ1) is 14.6. The lowest BCUT2D eigenvalue weighted by atomic mass is 9.77. The molecule has 2 atom stereocenters. The molecule has 1 fully saturated rings. The van der Waals surface area contributed by atoms with Crippen molar-refractivity contribution in [2.24, 2.45) is 12.5 Å². The molecule has 2 unspecified atom stereocenters. The van der Waals surface area contributed by atoms with Crippen LogP contribution in [-0.2, 0) is 18.3 Å². The molecule has 0 saturated carbocycles. The minimum atomic E-state index is -0.0895. The van der Waals surface area contributed by atoms with Gasteiger partial charge in [0.2, 0.25) is 5.91 Å². The Morgan fingerprint density at radius 3 is 3.05 bits per heavy atom. The van der Waals surface area contributed by atoms with Crippen molar-refractivity contribution in [3.05, 3.63) is 17.5 Å². The molecule has 0 spiro atoms. The fourth-order valence-corrected chi connectivity index (χ4v) is 3.77. The van der Waals surface area contributed by atoms with E-state index in [0.717, 1.165) is 38.6 Å². The van der Waals surface area contributed by atoms with Crippen LogP contribution in [0, 0.1) is 5.41 Å². The highest BCUT2D eigenvalue weighted by Gasteiger charge is 2.38.